The monoisotopic (exact) mass is 473 g/mol. The van der Waals surface area contributed by atoms with Gasteiger partial charge in [0.25, 0.3) is 0 Å². The zero-order chi connectivity index (χ0) is 23.7. The molecule has 4 heterocycles. The van der Waals surface area contributed by atoms with Crippen molar-refractivity contribution in [3.05, 3.63) is 29.6 Å². The number of carbonyl (C=O) groups is 2. The van der Waals surface area contributed by atoms with E-state index in [1.807, 2.05) is 19.9 Å². The zero-order valence-electron chi connectivity index (χ0n) is 19.3. The molecule has 33 heavy (non-hydrogen) atoms. The Hall–Kier alpha value is -2.86. The Morgan fingerprint density at radius 2 is 1.79 bits per heavy atom. The number of benzene rings is 1. The van der Waals surface area contributed by atoms with Crippen LogP contribution in [0.5, 0.6) is 11.5 Å². The summed E-state index contributed by atoms with van der Waals surface area (Å²) in [5.74, 6) is 1.36. The van der Waals surface area contributed by atoms with Crippen LogP contribution < -0.4 is 14.8 Å². The molecular formula is C21H27N7O4S. The van der Waals surface area contributed by atoms with E-state index in [2.05, 4.69) is 39.8 Å². The average Bonchev–Trinajstić information content (AvgIpc) is 3.44. The highest BCUT2D eigenvalue weighted by atomic mass is 32.2. The molecule has 4 unspecified atom stereocenters. The number of fused-ring (bicyclic) bond motifs is 1. The predicted octanol–water partition coefficient (Wildman–Crippen LogP) is 1.23. The summed E-state index contributed by atoms with van der Waals surface area (Å²) in [6, 6.07) is 3.92. The molecule has 0 radical (unpaired) electrons. The minimum absolute atomic E-state index is 0.107. The summed E-state index contributed by atoms with van der Waals surface area (Å²) in [5.41, 5.74) is 0.0249. The lowest BCUT2D eigenvalue weighted by molar-refractivity contribution is -0.165. The Balaban J connectivity index is 1.45. The third-order valence-electron chi connectivity index (χ3n) is 6.62. The van der Waals surface area contributed by atoms with Gasteiger partial charge in [0.15, 0.2) is 17.3 Å². The minimum Gasteiger partial charge on any atom is -0.493 e. The van der Waals surface area contributed by atoms with Gasteiger partial charge in [0, 0.05) is 4.75 Å². The van der Waals surface area contributed by atoms with Gasteiger partial charge in [-0.15, -0.1) is 22.0 Å². The molecule has 3 fully saturated rings. The molecule has 1 aromatic heterocycles. The molecular weight excluding hydrogens is 446 g/mol. The van der Waals surface area contributed by atoms with Crippen molar-refractivity contribution in [2.24, 2.45) is 0 Å². The molecule has 176 valence electrons. The molecule has 3 aliphatic heterocycles. The number of H-pyrrole nitrogens is 1. The van der Waals surface area contributed by atoms with Gasteiger partial charge in [0.1, 0.15) is 23.5 Å². The second kappa shape index (κ2) is 7.32. The van der Waals surface area contributed by atoms with Crippen LogP contribution in [0.1, 0.15) is 51.2 Å². The van der Waals surface area contributed by atoms with Crippen molar-refractivity contribution in [2.75, 3.05) is 14.2 Å². The second-order valence-corrected chi connectivity index (χ2v) is 11.2. The van der Waals surface area contributed by atoms with E-state index < -0.39 is 17.7 Å². The van der Waals surface area contributed by atoms with E-state index >= 15 is 0 Å². The van der Waals surface area contributed by atoms with Crippen LogP contribution in [0.15, 0.2) is 18.2 Å². The maximum atomic E-state index is 13.7. The van der Waals surface area contributed by atoms with Crippen molar-refractivity contribution >= 4 is 23.6 Å². The van der Waals surface area contributed by atoms with Crippen molar-refractivity contribution in [2.45, 2.75) is 61.6 Å². The fourth-order valence-corrected chi connectivity index (χ4v) is 6.85. The van der Waals surface area contributed by atoms with Crippen molar-refractivity contribution in [1.29, 1.82) is 0 Å². The number of amides is 2. The highest BCUT2D eigenvalue weighted by molar-refractivity contribution is 8.01. The maximum absolute atomic E-state index is 13.7. The van der Waals surface area contributed by atoms with Gasteiger partial charge in [-0.2, -0.15) is 5.21 Å². The normalized spacial score (nSPS) is 29.8. The summed E-state index contributed by atoms with van der Waals surface area (Å²) in [6.45, 7) is 7.96. The first-order valence-corrected chi connectivity index (χ1v) is 11.5. The fraction of sp³-hybridized carbons (Fsp3) is 0.571. The predicted molar refractivity (Wildman–Crippen MR) is 119 cm³/mol. The molecule has 2 aromatic rings. The largest absolute Gasteiger partial charge is 0.493 e. The van der Waals surface area contributed by atoms with Crippen molar-refractivity contribution in [3.63, 3.8) is 0 Å². The molecule has 12 heteroatoms. The molecule has 0 spiro atoms. The molecule has 4 atom stereocenters. The van der Waals surface area contributed by atoms with E-state index in [0.29, 0.717) is 17.3 Å². The molecule has 2 N–H and O–H groups in total. The number of β-lactam (4-membered cyclic amide) rings is 1. The molecule has 0 saturated carbocycles. The van der Waals surface area contributed by atoms with Gasteiger partial charge in [-0.1, -0.05) is 11.3 Å². The lowest BCUT2D eigenvalue weighted by Crippen LogP contribution is -2.71. The van der Waals surface area contributed by atoms with E-state index in [9.17, 15) is 9.59 Å². The van der Waals surface area contributed by atoms with E-state index in [4.69, 9.17) is 9.47 Å². The topological polar surface area (TPSA) is 126 Å². The highest BCUT2D eigenvalue weighted by Crippen LogP contribution is 2.58. The minimum atomic E-state index is -0.726. The van der Waals surface area contributed by atoms with Crippen LogP contribution in [0.25, 0.3) is 0 Å². The Morgan fingerprint density at radius 1 is 1.06 bits per heavy atom. The van der Waals surface area contributed by atoms with Gasteiger partial charge in [-0.25, -0.2) is 0 Å². The highest BCUT2D eigenvalue weighted by Gasteiger charge is 2.67. The van der Waals surface area contributed by atoms with Crippen LogP contribution in [0.4, 0.5) is 0 Å². The molecule has 3 aliphatic rings. The van der Waals surface area contributed by atoms with E-state index in [1.54, 1.807) is 47.9 Å². The standard InChI is InChI=1S/C21H27N7O4S/c1-20(2)15(16-23-25-26-24-16)27-18(30)14(19(27)33-20)28-17(29)13(22-21(28,3)4)10-7-8-11(31-5)12(9-10)32-6/h7-9,13-15,19,22H,1-6H3,(H,23,24,25,26). The first-order chi connectivity index (χ1) is 15.6. The van der Waals surface area contributed by atoms with Crippen LogP contribution in [-0.4, -0.2) is 78.3 Å². The molecule has 1 aromatic carbocycles. The number of aromatic amines is 1. The Morgan fingerprint density at radius 3 is 2.42 bits per heavy atom. The lowest BCUT2D eigenvalue weighted by atomic mass is 9.93. The molecule has 11 nitrogen and oxygen atoms in total. The van der Waals surface area contributed by atoms with Gasteiger partial charge < -0.3 is 19.3 Å². The summed E-state index contributed by atoms with van der Waals surface area (Å²) in [5, 5.41) is 17.6. The number of methoxy groups -OCH3 is 2. The van der Waals surface area contributed by atoms with E-state index in [1.165, 1.54) is 0 Å². The number of hydrogen-bond donors (Lipinski definition) is 2. The number of nitrogens with zero attached hydrogens (tertiary/aromatic N) is 5. The lowest BCUT2D eigenvalue weighted by Gasteiger charge is -2.50. The fourth-order valence-electron chi connectivity index (χ4n) is 5.18. The first-order valence-electron chi connectivity index (χ1n) is 10.7. The van der Waals surface area contributed by atoms with Gasteiger partial charge >= 0.3 is 0 Å². The molecule has 0 aliphatic carbocycles. The smallest absolute Gasteiger partial charge is 0.250 e. The van der Waals surface area contributed by atoms with Crippen LogP contribution in [0, 0.1) is 0 Å². The van der Waals surface area contributed by atoms with Crippen LogP contribution in [-0.2, 0) is 9.59 Å². The number of nitrogens with one attached hydrogen (secondary N) is 2. The van der Waals surface area contributed by atoms with Crippen LogP contribution in [0.2, 0.25) is 0 Å². The van der Waals surface area contributed by atoms with Crippen molar-refractivity contribution < 1.29 is 19.1 Å². The van der Waals surface area contributed by atoms with Crippen LogP contribution >= 0.6 is 11.8 Å². The zero-order valence-corrected chi connectivity index (χ0v) is 20.1. The third kappa shape index (κ3) is 3.11. The first kappa shape index (κ1) is 22.0. The number of tetrazole rings is 1. The summed E-state index contributed by atoms with van der Waals surface area (Å²) < 4.78 is 10.4. The average molecular weight is 474 g/mol. The third-order valence-corrected chi connectivity index (χ3v) is 8.18. The molecule has 5 rings (SSSR count). The van der Waals surface area contributed by atoms with Gasteiger partial charge in [0.05, 0.1) is 19.9 Å². The van der Waals surface area contributed by atoms with Gasteiger partial charge in [0.2, 0.25) is 11.8 Å². The SMILES string of the molecule is COc1ccc(C2NC(C)(C)N(C3C(=O)N4C3SC(C)(C)C4c3nn[nH]n3)C2=O)cc1OC. The van der Waals surface area contributed by atoms with Crippen molar-refractivity contribution in [1.82, 2.24) is 35.7 Å². The van der Waals surface area contributed by atoms with Gasteiger partial charge in [-0.05, 0) is 45.4 Å². The van der Waals surface area contributed by atoms with E-state index in [-0.39, 0.29) is 28.0 Å². The number of carbonyl (C=O) groups excluding carboxylic acids is 2. The second-order valence-electron chi connectivity index (χ2n) is 9.43. The summed E-state index contributed by atoms with van der Waals surface area (Å²) in [4.78, 5) is 30.6. The molecule has 0 bridgehead atoms. The Bertz CT molecular complexity index is 1110. The quantitative estimate of drug-likeness (QED) is 0.617. The summed E-state index contributed by atoms with van der Waals surface area (Å²) in [7, 11) is 3.13. The number of hydrogen-bond acceptors (Lipinski definition) is 9. The number of rotatable bonds is 5. The maximum Gasteiger partial charge on any atom is 0.250 e. The number of thioether (sulfide) groups is 1. The summed E-state index contributed by atoms with van der Waals surface area (Å²) >= 11 is 1.66. The Kier molecular flexibility index (Phi) is 4.87. The van der Waals surface area contributed by atoms with E-state index in [0.717, 1.165) is 5.56 Å². The Labute approximate surface area is 195 Å². The number of ether oxygens (including phenoxy) is 2. The van der Waals surface area contributed by atoms with Crippen LogP contribution in [0.3, 0.4) is 0 Å². The summed E-state index contributed by atoms with van der Waals surface area (Å²) in [6.07, 6.45) is 0. The number of aromatic nitrogens is 4. The molecule has 2 amide bonds. The molecule has 3 saturated heterocycles. The van der Waals surface area contributed by atoms with Crippen molar-refractivity contribution in [3.8, 4) is 11.5 Å². The van der Waals surface area contributed by atoms with Gasteiger partial charge in [-0.3, -0.25) is 14.9 Å².